The molecule has 32 heavy (non-hydrogen) atoms. The van der Waals surface area contributed by atoms with Crippen LogP contribution in [-0.2, 0) is 11.2 Å². The number of carbonyl (C=O) groups excluding carboxylic acids is 1. The maximum Gasteiger partial charge on any atom is 0.229 e. The van der Waals surface area contributed by atoms with Gasteiger partial charge in [0, 0.05) is 41.1 Å². The number of rotatable bonds is 11. The van der Waals surface area contributed by atoms with Crippen LogP contribution in [0.25, 0.3) is 10.6 Å². The zero-order valence-corrected chi connectivity index (χ0v) is 19.9. The highest BCUT2D eigenvalue weighted by atomic mass is 32.1. The number of nitrogens with zero attached hydrogens (tertiary/aromatic N) is 3. The number of hydrogen-bond donors (Lipinski definition) is 1. The summed E-state index contributed by atoms with van der Waals surface area (Å²) in [4.78, 5) is 24.7. The number of amides is 1. The van der Waals surface area contributed by atoms with E-state index in [1.54, 1.807) is 31.6 Å². The number of benzene rings is 1. The lowest BCUT2D eigenvalue weighted by Gasteiger charge is -2.19. The molecule has 3 aromatic rings. The van der Waals surface area contributed by atoms with Crippen molar-refractivity contribution in [3.8, 4) is 22.1 Å². The molecule has 2 heterocycles. The molecule has 0 bridgehead atoms. The number of aryl methyl sites for hydroxylation is 1. The predicted molar refractivity (Wildman–Crippen MR) is 129 cm³/mol. The average Bonchev–Trinajstić information content (AvgIpc) is 3.17. The minimum atomic E-state index is -0.103. The standard InChI is InChI=1S/C24H30N4O3S/c1-5-28(6-2)12-13-31-21-14-19(9-10-20(21)30-4)27-23(29)15-22-17(3)26-24(32-22)18-8-7-11-25-16-18/h7-11,14,16H,5-6,12-13,15H2,1-4H3,(H,27,29). The molecule has 0 aliphatic rings. The number of nitrogens with one attached hydrogen (secondary N) is 1. The lowest BCUT2D eigenvalue weighted by molar-refractivity contribution is -0.115. The second-order valence-corrected chi connectivity index (χ2v) is 8.32. The van der Waals surface area contributed by atoms with Crippen molar-refractivity contribution in [3.05, 3.63) is 53.3 Å². The van der Waals surface area contributed by atoms with Crippen molar-refractivity contribution in [3.63, 3.8) is 0 Å². The molecule has 7 nitrogen and oxygen atoms in total. The summed E-state index contributed by atoms with van der Waals surface area (Å²) >= 11 is 1.52. The molecule has 0 aliphatic heterocycles. The zero-order chi connectivity index (χ0) is 22.9. The molecule has 1 amide bonds. The molecule has 0 atom stereocenters. The number of carbonyl (C=O) groups is 1. The number of likely N-dealkylation sites (N-methyl/N-ethyl adjacent to an activating group) is 1. The highest BCUT2D eigenvalue weighted by Crippen LogP contribution is 2.31. The third-order valence-electron chi connectivity index (χ3n) is 5.13. The fourth-order valence-corrected chi connectivity index (χ4v) is 4.30. The third kappa shape index (κ3) is 6.27. The van der Waals surface area contributed by atoms with Crippen molar-refractivity contribution >= 4 is 22.9 Å². The fraction of sp³-hybridized carbons (Fsp3) is 0.375. The number of pyridine rings is 1. The molecular weight excluding hydrogens is 424 g/mol. The van der Waals surface area contributed by atoms with Gasteiger partial charge in [-0.25, -0.2) is 4.98 Å². The lowest BCUT2D eigenvalue weighted by Crippen LogP contribution is -2.28. The number of aromatic nitrogens is 2. The second kappa shape index (κ2) is 11.6. The second-order valence-electron chi connectivity index (χ2n) is 7.24. The smallest absolute Gasteiger partial charge is 0.229 e. The molecule has 0 saturated heterocycles. The molecule has 0 saturated carbocycles. The summed E-state index contributed by atoms with van der Waals surface area (Å²) in [7, 11) is 1.61. The molecule has 0 unspecified atom stereocenters. The van der Waals surface area contributed by atoms with Crippen LogP contribution in [0.3, 0.4) is 0 Å². The van der Waals surface area contributed by atoms with Crippen LogP contribution in [0.2, 0.25) is 0 Å². The Kier molecular flexibility index (Phi) is 8.58. The van der Waals surface area contributed by atoms with Gasteiger partial charge in [0.15, 0.2) is 11.5 Å². The van der Waals surface area contributed by atoms with Crippen molar-refractivity contribution in [2.24, 2.45) is 0 Å². The van der Waals surface area contributed by atoms with Gasteiger partial charge in [0.05, 0.1) is 19.2 Å². The van der Waals surface area contributed by atoms with E-state index in [9.17, 15) is 4.79 Å². The number of anilines is 1. The summed E-state index contributed by atoms with van der Waals surface area (Å²) in [6, 6.07) is 9.27. The molecule has 0 aliphatic carbocycles. The number of thiazole rings is 1. The van der Waals surface area contributed by atoms with Crippen molar-refractivity contribution in [2.75, 3.05) is 38.7 Å². The van der Waals surface area contributed by atoms with Crippen molar-refractivity contribution in [2.45, 2.75) is 27.2 Å². The Morgan fingerprint density at radius 2 is 2.00 bits per heavy atom. The van der Waals surface area contributed by atoms with Gasteiger partial charge in [-0.15, -0.1) is 11.3 Å². The summed E-state index contributed by atoms with van der Waals surface area (Å²) in [5.41, 5.74) is 2.48. The van der Waals surface area contributed by atoms with E-state index in [2.05, 4.69) is 34.0 Å². The first-order chi connectivity index (χ1) is 15.5. The maximum atomic E-state index is 12.7. The molecule has 1 aromatic carbocycles. The number of hydrogen-bond acceptors (Lipinski definition) is 7. The number of ether oxygens (including phenoxy) is 2. The van der Waals surface area contributed by atoms with Crippen LogP contribution in [-0.4, -0.2) is 54.1 Å². The summed E-state index contributed by atoms with van der Waals surface area (Å²) in [6.45, 7) is 9.52. The zero-order valence-electron chi connectivity index (χ0n) is 19.1. The van der Waals surface area contributed by atoms with Crippen LogP contribution in [0.4, 0.5) is 5.69 Å². The molecule has 0 spiro atoms. The van der Waals surface area contributed by atoms with Gasteiger partial charge in [0.1, 0.15) is 11.6 Å². The summed E-state index contributed by atoms with van der Waals surface area (Å²) in [5.74, 6) is 1.15. The Labute approximate surface area is 193 Å². The van der Waals surface area contributed by atoms with Gasteiger partial charge in [-0.3, -0.25) is 9.78 Å². The monoisotopic (exact) mass is 454 g/mol. The first kappa shape index (κ1) is 23.7. The van der Waals surface area contributed by atoms with Crippen molar-refractivity contribution in [1.82, 2.24) is 14.9 Å². The van der Waals surface area contributed by atoms with Gasteiger partial charge in [-0.1, -0.05) is 13.8 Å². The first-order valence-electron chi connectivity index (χ1n) is 10.7. The normalized spacial score (nSPS) is 10.9. The molecule has 0 radical (unpaired) electrons. The lowest BCUT2D eigenvalue weighted by atomic mass is 10.2. The minimum absolute atomic E-state index is 0.103. The summed E-state index contributed by atoms with van der Waals surface area (Å²) in [5, 5.41) is 3.83. The minimum Gasteiger partial charge on any atom is -0.493 e. The van der Waals surface area contributed by atoms with Crippen LogP contribution in [0.5, 0.6) is 11.5 Å². The Hall–Kier alpha value is -2.97. The topological polar surface area (TPSA) is 76.6 Å². The SMILES string of the molecule is CCN(CC)CCOc1cc(NC(=O)Cc2sc(-c3cccnc3)nc2C)ccc1OC. The highest BCUT2D eigenvalue weighted by molar-refractivity contribution is 7.15. The summed E-state index contributed by atoms with van der Waals surface area (Å²) in [6.07, 6.45) is 3.77. The quantitative estimate of drug-likeness (QED) is 0.462. The van der Waals surface area contributed by atoms with E-state index >= 15 is 0 Å². The van der Waals surface area contributed by atoms with Gasteiger partial charge in [0.25, 0.3) is 0 Å². The van der Waals surface area contributed by atoms with Crippen molar-refractivity contribution in [1.29, 1.82) is 0 Å². The largest absolute Gasteiger partial charge is 0.493 e. The molecule has 2 aromatic heterocycles. The highest BCUT2D eigenvalue weighted by Gasteiger charge is 2.14. The Bertz CT molecular complexity index is 1020. The first-order valence-corrected chi connectivity index (χ1v) is 11.5. The van der Waals surface area contributed by atoms with Gasteiger partial charge in [0.2, 0.25) is 5.91 Å². The molecule has 1 N–H and O–H groups in total. The van der Waals surface area contributed by atoms with Gasteiger partial charge >= 0.3 is 0 Å². The predicted octanol–water partition coefficient (Wildman–Crippen LogP) is 4.42. The van der Waals surface area contributed by atoms with Crippen LogP contribution in [0, 0.1) is 6.92 Å². The average molecular weight is 455 g/mol. The van der Waals surface area contributed by atoms with Crippen LogP contribution >= 0.6 is 11.3 Å². The van der Waals surface area contributed by atoms with E-state index in [4.69, 9.17) is 9.47 Å². The third-order valence-corrected chi connectivity index (χ3v) is 6.34. The van der Waals surface area contributed by atoms with E-state index in [0.717, 1.165) is 40.8 Å². The van der Waals surface area contributed by atoms with Gasteiger partial charge in [-0.05, 0) is 44.3 Å². The molecule has 8 heteroatoms. The van der Waals surface area contributed by atoms with E-state index in [1.807, 2.05) is 25.1 Å². The van der Waals surface area contributed by atoms with Gasteiger partial charge < -0.3 is 19.7 Å². The Morgan fingerprint density at radius 1 is 1.19 bits per heavy atom. The molecule has 0 fully saturated rings. The molecule has 170 valence electrons. The Morgan fingerprint density at radius 3 is 2.69 bits per heavy atom. The Balaban J connectivity index is 1.64. The number of methoxy groups -OCH3 is 1. The van der Waals surface area contributed by atoms with Crippen LogP contribution in [0.1, 0.15) is 24.4 Å². The molecular formula is C24H30N4O3S. The summed E-state index contributed by atoms with van der Waals surface area (Å²) < 4.78 is 11.4. The molecule has 3 rings (SSSR count). The van der Waals surface area contributed by atoms with E-state index in [0.29, 0.717) is 23.8 Å². The van der Waals surface area contributed by atoms with E-state index in [1.165, 1.54) is 11.3 Å². The van der Waals surface area contributed by atoms with E-state index in [-0.39, 0.29) is 12.3 Å². The van der Waals surface area contributed by atoms with Crippen molar-refractivity contribution < 1.29 is 14.3 Å². The van der Waals surface area contributed by atoms with Gasteiger partial charge in [-0.2, -0.15) is 0 Å². The van der Waals surface area contributed by atoms with Crippen LogP contribution < -0.4 is 14.8 Å². The van der Waals surface area contributed by atoms with Crippen LogP contribution in [0.15, 0.2) is 42.7 Å². The van der Waals surface area contributed by atoms with E-state index < -0.39 is 0 Å². The fourth-order valence-electron chi connectivity index (χ4n) is 3.25. The maximum absolute atomic E-state index is 12.7.